The van der Waals surface area contributed by atoms with E-state index in [4.69, 9.17) is 0 Å². The molecule has 1 aliphatic heterocycles. The fraction of sp³-hybridized carbons (Fsp3) is 1.00. The molecule has 0 bridgehead atoms. The number of thiol groups is 1. The molecule has 1 fully saturated rings. The highest BCUT2D eigenvalue weighted by molar-refractivity contribution is 7.99. The van der Waals surface area contributed by atoms with E-state index >= 15 is 0 Å². The van der Waals surface area contributed by atoms with Crippen LogP contribution < -0.4 is 0 Å². The summed E-state index contributed by atoms with van der Waals surface area (Å²) in [4.78, 5) is 2.48. The van der Waals surface area contributed by atoms with Gasteiger partial charge < -0.3 is 4.90 Å². The van der Waals surface area contributed by atoms with E-state index in [1.54, 1.807) is 0 Å². The molecule has 0 radical (unpaired) electrons. The summed E-state index contributed by atoms with van der Waals surface area (Å²) < 4.78 is 0. The topological polar surface area (TPSA) is 3.24 Å². The average Bonchev–Trinajstić information content (AvgIpc) is 2.52. The van der Waals surface area contributed by atoms with Crippen LogP contribution in [0.15, 0.2) is 0 Å². The molecule has 1 saturated heterocycles. The van der Waals surface area contributed by atoms with Gasteiger partial charge in [-0.15, -0.1) is 0 Å². The molecular formula is C8H17NS2. The standard InChI is InChI=1S/C8H17NS2/c1-9(4-2-5-10)8-3-6-11-7-8/h8,10H,2-7H2,1H3. The van der Waals surface area contributed by atoms with Gasteiger partial charge in [0.05, 0.1) is 0 Å². The number of hydrogen-bond donors (Lipinski definition) is 1. The van der Waals surface area contributed by atoms with E-state index in [-0.39, 0.29) is 0 Å². The molecule has 0 aliphatic carbocycles. The molecule has 1 rings (SSSR count). The van der Waals surface area contributed by atoms with Crippen LogP contribution in [0.2, 0.25) is 0 Å². The zero-order valence-electron chi connectivity index (χ0n) is 7.12. The summed E-state index contributed by atoms with van der Waals surface area (Å²) in [5.41, 5.74) is 0. The van der Waals surface area contributed by atoms with Crippen LogP contribution in [0.1, 0.15) is 12.8 Å². The van der Waals surface area contributed by atoms with Crippen LogP contribution >= 0.6 is 24.4 Å². The summed E-state index contributed by atoms with van der Waals surface area (Å²) >= 11 is 6.29. The Balaban J connectivity index is 2.12. The molecule has 1 nitrogen and oxygen atoms in total. The molecule has 1 aliphatic rings. The van der Waals surface area contributed by atoms with Crippen LogP contribution in [0.25, 0.3) is 0 Å². The number of nitrogens with zero attached hydrogens (tertiary/aromatic N) is 1. The van der Waals surface area contributed by atoms with Crippen molar-refractivity contribution in [2.24, 2.45) is 0 Å². The van der Waals surface area contributed by atoms with Gasteiger partial charge in [0, 0.05) is 11.8 Å². The predicted molar refractivity (Wildman–Crippen MR) is 56.8 cm³/mol. The van der Waals surface area contributed by atoms with Gasteiger partial charge in [0.2, 0.25) is 0 Å². The van der Waals surface area contributed by atoms with E-state index in [1.165, 1.54) is 30.9 Å². The van der Waals surface area contributed by atoms with Crippen molar-refractivity contribution in [2.45, 2.75) is 18.9 Å². The first kappa shape index (κ1) is 9.75. The second-order valence-corrected chi connectivity index (χ2v) is 4.67. The molecule has 1 atom stereocenters. The maximum Gasteiger partial charge on any atom is 0.0191 e. The van der Waals surface area contributed by atoms with E-state index in [9.17, 15) is 0 Å². The minimum absolute atomic E-state index is 0.847. The van der Waals surface area contributed by atoms with Gasteiger partial charge in [0.15, 0.2) is 0 Å². The lowest BCUT2D eigenvalue weighted by atomic mass is 10.2. The number of rotatable bonds is 4. The smallest absolute Gasteiger partial charge is 0.0191 e. The molecule has 0 amide bonds. The van der Waals surface area contributed by atoms with Gasteiger partial charge in [-0.25, -0.2) is 0 Å². The molecule has 0 aromatic carbocycles. The first-order valence-electron chi connectivity index (χ1n) is 4.23. The lowest BCUT2D eigenvalue weighted by Gasteiger charge is -2.22. The average molecular weight is 191 g/mol. The van der Waals surface area contributed by atoms with Crippen LogP contribution in [-0.2, 0) is 0 Å². The van der Waals surface area contributed by atoms with Crippen molar-refractivity contribution < 1.29 is 0 Å². The largest absolute Gasteiger partial charge is 0.303 e. The Hall–Kier alpha value is 0.660. The van der Waals surface area contributed by atoms with E-state index in [2.05, 4.69) is 36.3 Å². The summed E-state index contributed by atoms with van der Waals surface area (Å²) in [5, 5.41) is 0. The van der Waals surface area contributed by atoms with Gasteiger partial charge in [0.1, 0.15) is 0 Å². The fourth-order valence-corrected chi connectivity index (χ4v) is 2.81. The van der Waals surface area contributed by atoms with Crippen molar-refractivity contribution in [2.75, 3.05) is 30.9 Å². The summed E-state index contributed by atoms with van der Waals surface area (Å²) in [6.07, 6.45) is 2.61. The van der Waals surface area contributed by atoms with E-state index in [0.717, 1.165) is 11.8 Å². The molecule has 0 saturated carbocycles. The van der Waals surface area contributed by atoms with Crippen LogP contribution in [-0.4, -0.2) is 41.8 Å². The summed E-state index contributed by atoms with van der Waals surface area (Å²) in [6.45, 7) is 1.22. The van der Waals surface area contributed by atoms with Gasteiger partial charge in [-0.2, -0.15) is 24.4 Å². The maximum absolute atomic E-state index is 4.21. The molecule has 66 valence electrons. The molecule has 0 aromatic rings. The van der Waals surface area contributed by atoms with Crippen LogP contribution in [0, 0.1) is 0 Å². The fourth-order valence-electron chi connectivity index (χ4n) is 1.37. The molecule has 1 unspecified atom stereocenters. The molecular weight excluding hydrogens is 174 g/mol. The highest BCUT2D eigenvalue weighted by atomic mass is 32.2. The van der Waals surface area contributed by atoms with Gasteiger partial charge in [-0.05, 0) is 37.9 Å². The van der Waals surface area contributed by atoms with E-state index < -0.39 is 0 Å². The van der Waals surface area contributed by atoms with Crippen molar-refractivity contribution in [1.29, 1.82) is 0 Å². The zero-order chi connectivity index (χ0) is 8.10. The van der Waals surface area contributed by atoms with Crippen LogP contribution in [0.3, 0.4) is 0 Å². The Morgan fingerprint density at radius 2 is 2.45 bits per heavy atom. The normalized spacial score (nSPS) is 24.8. The lowest BCUT2D eigenvalue weighted by Crippen LogP contribution is -2.32. The van der Waals surface area contributed by atoms with Gasteiger partial charge in [-0.1, -0.05) is 0 Å². The van der Waals surface area contributed by atoms with Crippen molar-refractivity contribution >= 4 is 24.4 Å². The second-order valence-electron chi connectivity index (χ2n) is 3.08. The monoisotopic (exact) mass is 191 g/mol. The third-order valence-corrected chi connectivity index (χ3v) is 3.66. The third-order valence-electron chi connectivity index (χ3n) is 2.20. The van der Waals surface area contributed by atoms with Gasteiger partial charge in [0.25, 0.3) is 0 Å². The van der Waals surface area contributed by atoms with Gasteiger partial charge >= 0.3 is 0 Å². The Morgan fingerprint density at radius 3 is 3.00 bits per heavy atom. The predicted octanol–water partition coefficient (Wildman–Crippen LogP) is 1.74. The number of thioether (sulfide) groups is 1. The molecule has 0 spiro atoms. The molecule has 1 heterocycles. The second kappa shape index (κ2) is 5.33. The lowest BCUT2D eigenvalue weighted by molar-refractivity contribution is 0.264. The molecule has 0 N–H and O–H groups in total. The van der Waals surface area contributed by atoms with Crippen molar-refractivity contribution in [3.05, 3.63) is 0 Å². The van der Waals surface area contributed by atoms with Crippen LogP contribution in [0.4, 0.5) is 0 Å². The van der Waals surface area contributed by atoms with E-state index in [0.29, 0.717) is 0 Å². The highest BCUT2D eigenvalue weighted by Crippen LogP contribution is 2.21. The van der Waals surface area contributed by atoms with Crippen molar-refractivity contribution in [3.63, 3.8) is 0 Å². The Labute approximate surface area is 79.3 Å². The SMILES string of the molecule is CN(CCCS)C1CCSC1. The van der Waals surface area contributed by atoms with Crippen LogP contribution in [0.5, 0.6) is 0 Å². The molecule has 11 heavy (non-hydrogen) atoms. The quantitative estimate of drug-likeness (QED) is 0.674. The van der Waals surface area contributed by atoms with Crippen molar-refractivity contribution in [1.82, 2.24) is 4.90 Å². The molecule has 0 aromatic heterocycles. The summed E-state index contributed by atoms with van der Waals surface area (Å²) in [6, 6.07) is 0.847. The summed E-state index contributed by atoms with van der Waals surface area (Å²) in [5.74, 6) is 3.71. The number of hydrogen-bond acceptors (Lipinski definition) is 3. The van der Waals surface area contributed by atoms with Crippen molar-refractivity contribution in [3.8, 4) is 0 Å². The zero-order valence-corrected chi connectivity index (χ0v) is 8.83. The Morgan fingerprint density at radius 1 is 1.64 bits per heavy atom. The first-order valence-corrected chi connectivity index (χ1v) is 6.02. The molecule has 3 heteroatoms. The minimum Gasteiger partial charge on any atom is -0.303 e. The Kier molecular flexibility index (Phi) is 4.72. The van der Waals surface area contributed by atoms with Gasteiger partial charge in [-0.3, -0.25) is 0 Å². The minimum atomic E-state index is 0.847. The van der Waals surface area contributed by atoms with E-state index in [1.807, 2.05) is 0 Å². The maximum atomic E-state index is 4.21. The first-order chi connectivity index (χ1) is 5.34. The highest BCUT2D eigenvalue weighted by Gasteiger charge is 2.18. The Bertz CT molecular complexity index is 102. The third kappa shape index (κ3) is 3.26. The summed E-state index contributed by atoms with van der Waals surface area (Å²) in [7, 11) is 2.24.